The Morgan fingerprint density at radius 3 is 2.90 bits per heavy atom. The van der Waals surface area contributed by atoms with Crippen LogP contribution in [0.1, 0.15) is 17.7 Å². The van der Waals surface area contributed by atoms with E-state index in [-0.39, 0.29) is 4.90 Å². The zero-order valence-electron chi connectivity index (χ0n) is 11.3. The van der Waals surface area contributed by atoms with Crippen molar-refractivity contribution in [3.05, 3.63) is 27.0 Å². The number of anilines is 1. The third-order valence-corrected chi connectivity index (χ3v) is 6.70. The summed E-state index contributed by atoms with van der Waals surface area (Å²) in [5, 5.41) is 7.40. The molecule has 0 aliphatic heterocycles. The van der Waals surface area contributed by atoms with E-state index >= 15 is 0 Å². The van der Waals surface area contributed by atoms with Crippen LogP contribution in [0.3, 0.4) is 0 Å². The number of sulfonamides is 1. The molecule has 0 spiro atoms. The summed E-state index contributed by atoms with van der Waals surface area (Å²) in [5.74, 6) is 0.313. The van der Waals surface area contributed by atoms with Gasteiger partial charge in [0.2, 0.25) is 0 Å². The number of thiophene rings is 1. The van der Waals surface area contributed by atoms with Crippen LogP contribution < -0.4 is 10.0 Å². The Kier molecular flexibility index (Phi) is 4.08. The quantitative estimate of drug-likeness (QED) is 0.793. The summed E-state index contributed by atoms with van der Waals surface area (Å²) in [6.45, 7) is 0.701. The zero-order chi connectivity index (χ0) is 15.0. The van der Waals surface area contributed by atoms with Gasteiger partial charge in [0.05, 0.1) is 3.79 Å². The maximum Gasteiger partial charge on any atom is 0.265 e. The minimum absolute atomic E-state index is 0.255. The second-order valence-corrected chi connectivity index (χ2v) is 9.09. The fourth-order valence-electron chi connectivity index (χ4n) is 1.86. The first-order chi connectivity index (χ1) is 9.94. The fraction of sp³-hybridized carbons (Fsp3) is 0.417. The van der Waals surface area contributed by atoms with Crippen LogP contribution in [0.5, 0.6) is 0 Å². The summed E-state index contributed by atoms with van der Waals surface area (Å²) in [6, 6.07) is 3.92. The molecule has 1 aliphatic carbocycles. The minimum Gasteiger partial charge on any atom is -0.309 e. The molecule has 0 saturated heterocycles. The highest BCUT2D eigenvalue weighted by Crippen LogP contribution is 2.33. The smallest absolute Gasteiger partial charge is 0.265 e. The van der Waals surface area contributed by atoms with Crippen LogP contribution in [-0.2, 0) is 23.6 Å². The number of nitrogens with zero attached hydrogens (tertiary/aromatic N) is 2. The third-order valence-electron chi connectivity index (χ3n) is 3.09. The number of halogens is 1. The van der Waals surface area contributed by atoms with E-state index in [1.54, 1.807) is 30.1 Å². The Bertz CT molecular complexity index is 749. The number of hydrogen-bond acceptors (Lipinski definition) is 5. The summed E-state index contributed by atoms with van der Waals surface area (Å²) >= 11 is 4.78. The van der Waals surface area contributed by atoms with Crippen molar-refractivity contribution in [1.29, 1.82) is 0 Å². The molecular formula is C12H15BrN4O2S2. The molecule has 3 rings (SSSR count). The van der Waals surface area contributed by atoms with E-state index < -0.39 is 10.0 Å². The Labute approximate surface area is 135 Å². The maximum absolute atomic E-state index is 12.4. The monoisotopic (exact) mass is 390 g/mol. The van der Waals surface area contributed by atoms with Gasteiger partial charge in [0.25, 0.3) is 10.0 Å². The predicted molar refractivity (Wildman–Crippen MR) is 85.9 cm³/mol. The molecule has 2 aromatic rings. The second-order valence-electron chi connectivity index (χ2n) is 4.99. The average Bonchev–Trinajstić information content (AvgIpc) is 3.03. The SMILES string of the molecule is Cn1ccc(NS(=O)(=O)c2cc(CNC3CC3)sc2Br)n1. The molecule has 2 heterocycles. The average molecular weight is 391 g/mol. The number of nitrogens with one attached hydrogen (secondary N) is 2. The van der Waals surface area contributed by atoms with Gasteiger partial charge in [0.15, 0.2) is 5.82 Å². The van der Waals surface area contributed by atoms with E-state index in [1.807, 2.05) is 0 Å². The Morgan fingerprint density at radius 2 is 2.29 bits per heavy atom. The van der Waals surface area contributed by atoms with Gasteiger partial charge < -0.3 is 5.32 Å². The second kappa shape index (κ2) is 5.71. The van der Waals surface area contributed by atoms with Crippen molar-refractivity contribution in [2.45, 2.75) is 30.3 Å². The number of rotatable bonds is 6. The van der Waals surface area contributed by atoms with Crippen LogP contribution in [-0.4, -0.2) is 24.2 Å². The number of hydrogen-bond donors (Lipinski definition) is 2. The molecule has 0 atom stereocenters. The molecule has 1 aliphatic rings. The highest BCUT2D eigenvalue weighted by atomic mass is 79.9. The van der Waals surface area contributed by atoms with Crippen LogP contribution >= 0.6 is 27.3 Å². The van der Waals surface area contributed by atoms with Crippen LogP contribution in [0.25, 0.3) is 0 Å². The Morgan fingerprint density at radius 1 is 1.52 bits per heavy atom. The lowest BCUT2D eigenvalue weighted by Crippen LogP contribution is -2.15. The van der Waals surface area contributed by atoms with Crippen LogP contribution in [0.15, 0.2) is 27.0 Å². The largest absolute Gasteiger partial charge is 0.309 e. The molecule has 1 saturated carbocycles. The van der Waals surface area contributed by atoms with Crippen molar-refractivity contribution >= 4 is 43.1 Å². The van der Waals surface area contributed by atoms with Gasteiger partial charge in [-0.1, -0.05) is 0 Å². The highest BCUT2D eigenvalue weighted by Gasteiger charge is 2.24. The van der Waals surface area contributed by atoms with Gasteiger partial charge in [-0.3, -0.25) is 9.40 Å². The van der Waals surface area contributed by atoms with Crippen LogP contribution in [0, 0.1) is 0 Å². The van der Waals surface area contributed by atoms with Gasteiger partial charge in [0.1, 0.15) is 4.90 Å². The lowest BCUT2D eigenvalue weighted by molar-refractivity contribution is 0.600. The molecule has 1 fully saturated rings. The summed E-state index contributed by atoms with van der Waals surface area (Å²) in [6.07, 6.45) is 4.10. The fourth-order valence-corrected chi connectivity index (χ4v) is 5.49. The van der Waals surface area contributed by atoms with E-state index in [2.05, 4.69) is 31.1 Å². The van der Waals surface area contributed by atoms with Gasteiger partial charge in [-0.15, -0.1) is 11.3 Å². The van der Waals surface area contributed by atoms with E-state index in [0.717, 1.165) is 4.88 Å². The van der Waals surface area contributed by atoms with Crippen molar-refractivity contribution in [1.82, 2.24) is 15.1 Å². The molecule has 0 aromatic carbocycles. The van der Waals surface area contributed by atoms with Crippen molar-refractivity contribution in [3.63, 3.8) is 0 Å². The first kappa shape index (κ1) is 15.0. The molecule has 21 heavy (non-hydrogen) atoms. The molecule has 2 N–H and O–H groups in total. The van der Waals surface area contributed by atoms with Gasteiger partial charge in [-0.05, 0) is 34.8 Å². The van der Waals surface area contributed by atoms with E-state index in [4.69, 9.17) is 0 Å². The Hall–Kier alpha value is -0.900. The first-order valence-corrected chi connectivity index (χ1v) is 9.57. The maximum atomic E-state index is 12.4. The van der Waals surface area contributed by atoms with Crippen LogP contribution in [0.2, 0.25) is 0 Å². The molecule has 6 nitrogen and oxygen atoms in total. The summed E-state index contributed by atoms with van der Waals surface area (Å²) in [7, 11) is -1.89. The molecule has 0 amide bonds. The van der Waals surface area contributed by atoms with E-state index in [9.17, 15) is 8.42 Å². The number of aryl methyl sites for hydroxylation is 1. The summed E-state index contributed by atoms with van der Waals surface area (Å²) in [5.41, 5.74) is 0. The minimum atomic E-state index is -3.62. The Balaban J connectivity index is 1.77. The van der Waals surface area contributed by atoms with Gasteiger partial charge >= 0.3 is 0 Å². The number of aromatic nitrogens is 2. The summed E-state index contributed by atoms with van der Waals surface area (Å²) in [4.78, 5) is 1.25. The van der Waals surface area contributed by atoms with Gasteiger partial charge in [-0.25, -0.2) is 8.42 Å². The topological polar surface area (TPSA) is 76.0 Å². The molecule has 0 unspecified atom stereocenters. The summed E-state index contributed by atoms with van der Waals surface area (Å²) < 4.78 is 29.4. The molecule has 2 aromatic heterocycles. The molecular weight excluding hydrogens is 376 g/mol. The van der Waals surface area contributed by atoms with Gasteiger partial charge in [-0.2, -0.15) is 5.10 Å². The molecule has 0 radical (unpaired) electrons. The molecule has 114 valence electrons. The van der Waals surface area contributed by atoms with Crippen molar-refractivity contribution in [2.24, 2.45) is 7.05 Å². The van der Waals surface area contributed by atoms with E-state index in [1.165, 1.54) is 24.2 Å². The van der Waals surface area contributed by atoms with Crippen molar-refractivity contribution < 1.29 is 8.42 Å². The van der Waals surface area contributed by atoms with Crippen molar-refractivity contribution in [2.75, 3.05) is 4.72 Å². The molecule has 9 heteroatoms. The highest BCUT2D eigenvalue weighted by molar-refractivity contribution is 9.11. The standard InChI is InChI=1S/C12H15BrN4O2S2/c1-17-5-4-11(15-17)16-21(18,19)10-6-9(20-12(10)13)7-14-8-2-3-8/h4-6,8,14H,2-3,7H2,1H3,(H,15,16). The first-order valence-electron chi connectivity index (χ1n) is 6.48. The van der Waals surface area contributed by atoms with E-state index in [0.29, 0.717) is 22.2 Å². The third kappa shape index (κ3) is 3.65. The van der Waals surface area contributed by atoms with Gasteiger partial charge in [0, 0.05) is 36.8 Å². The lowest BCUT2D eigenvalue weighted by atomic mass is 10.4. The van der Waals surface area contributed by atoms with Crippen molar-refractivity contribution in [3.8, 4) is 0 Å². The zero-order valence-corrected chi connectivity index (χ0v) is 14.6. The molecule has 0 bridgehead atoms. The normalized spacial score (nSPS) is 15.3. The van der Waals surface area contributed by atoms with Crippen LogP contribution in [0.4, 0.5) is 5.82 Å². The predicted octanol–water partition coefficient (Wildman–Crippen LogP) is 2.30. The lowest BCUT2D eigenvalue weighted by Gasteiger charge is -2.03.